The number of rotatable bonds is 3. The van der Waals surface area contributed by atoms with E-state index in [4.69, 9.17) is 0 Å². The summed E-state index contributed by atoms with van der Waals surface area (Å²) in [6.07, 6.45) is -9.51. The highest BCUT2D eigenvalue weighted by atomic mass is 79.9. The highest BCUT2D eigenvalue weighted by Crippen LogP contribution is 2.42. The molecule has 0 bridgehead atoms. The molecule has 19 heavy (non-hydrogen) atoms. The van der Waals surface area contributed by atoms with Gasteiger partial charge in [0.15, 0.2) is 5.75 Å². The molecule has 0 N–H and O–H groups in total. The molecule has 0 aliphatic heterocycles. The average Bonchev–Trinajstić information content (AvgIpc) is 2.25. The Bertz CT molecular complexity index is 459. The van der Waals surface area contributed by atoms with Gasteiger partial charge in [0.05, 0.1) is 13.3 Å². The van der Waals surface area contributed by atoms with Crippen molar-refractivity contribution in [2.75, 3.05) is 7.11 Å². The third-order valence-corrected chi connectivity index (χ3v) is 2.51. The minimum Gasteiger partial charge on any atom is -0.481 e. The third-order valence-electron chi connectivity index (χ3n) is 1.95. The van der Waals surface area contributed by atoms with Crippen molar-refractivity contribution in [1.29, 1.82) is 0 Å². The number of pyridine rings is 1. The quantitative estimate of drug-likeness (QED) is 0.610. The summed E-state index contributed by atoms with van der Waals surface area (Å²) >= 11 is 2.69. The number of aromatic nitrogens is 1. The topological polar surface area (TPSA) is 31.4 Å². The Balaban J connectivity index is 3.45. The summed E-state index contributed by atoms with van der Waals surface area (Å²) in [5, 5.41) is -0.508. The molecular formula is C9H6BrF6NO2. The highest BCUT2D eigenvalue weighted by molar-refractivity contribution is 9.08. The second-order valence-corrected chi connectivity index (χ2v) is 3.73. The lowest BCUT2D eigenvalue weighted by molar-refractivity contribution is -0.275. The summed E-state index contributed by atoms with van der Waals surface area (Å²) in [5.74, 6) is -1.85. The second kappa shape index (κ2) is 5.43. The van der Waals surface area contributed by atoms with Gasteiger partial charge < -0.3 is 9.47 Å². The molecule has 3 nitrogen and oxygen atoms in total. The zero-order valence-corrected chi connectivity index (χ0v) is 10.8. The smallest absolute Gasteiger partial charge is 0.481 e. The van der Waals surface area contributed by atoms with Crippen LogP contribution in [0.4, 0.5) is 26.3 Å². The Hall–Kier alpha value is -1.19. The van der Waals surface area contributed by atoms with Gasteiger partial charge >= 0.3 is 12.5 Å². The maximum Gasteiger partial charge on any atom is 0.573 e. The van der Waals surface area contributed by atoms with Gasteiger partial charge in [0.2, 0.25) is 5.88 Å². The fourth-order valence-electron chi connectivity index (χ4n) is 1.30. The summed E-state index contributed by atoms with van der Waals surface area (Å²) in [5.41, 5.74) is -2.15. The van der Waals surface area contributed by atoms with E-state index in [2.05, 4.69) is 30.4 Å². The van der Waals surface area contributed by atoms with Gasteiger partial charge in [-0.25, -0.2) is 4.98 Å². The van der Waals surface area contributed by atoms with Gasteiger partial charge in [-0.1, -0.05) is 15.9 Å². The van der Waals surface area contributed by atoms with Crippen LogP contribution in [-0.2, 0) is 11.5 Å². The van der Waals surface area contributed by atoms with Crippen LogP contribution in [0.5, 0.6) is 11.6 Å². The number of nitrogens with zero attached hydrogens (tertiary/aromatic N) is 1. The van der Waals surface area contributed by atoms with E-state index in [1.165, 1.54) is 0 Å². The minimum atomic E-state index is -5.12. The van der Waals surface area contributed by atoms with Crippen LogP contribution in [0.25, 0.3) is 0 Å². The molecule has 108 valence electrons. The van der Waals surface area contributed by atoms with Gasteiger partial charge in [-0.3, -0.25) is 0 Å². The summed E-state index contributed by atoms with van der Waals surface area (Å²) in [4.78, 5) is 3.17. The molecule has 10 heteroatoms. The number of alkyl halides is 7. The van der Waals surface area contributed by atoms with Crippen molar-refractivity contribution >= 4 is 15.9 Å². The fraction of sp³-hybridized carbons (Fsp3) is 0.444. The van der Waals surface area contributed by atoms with Gasteiger partial charge in [0.1, 0.15) is 5.56 Å². The van der Waals surface area contributed by atoms with Crippen molar-refractivity contribution in [1.82, 2.24) is 4.98 Å². The molecule has 0 aromatic carbocycles. The molecule has 1 rings (SSSR count). The maximum absolute atomic E-state index is 12.8. The van der Waals surface area contributed by atoms with E-state index in [9.17, 15) is 26.3 Å². The van der Waals surface area contributed by atoms with E-state index in [1.54, 1.807) is 0 Å². The first kappa shape index (κ1) is 15.9. The van der Waals surface area contributed by atoms with Crippen LogP contribution in [-0.4, -0.2) is 18.5 Å². The molecule has 0 radical (unpaired) electrons. The molecular weight excluding hydrogens is 348 g/mol. The Morgan fingerprint density at radius 1 is 1.21 bits per heavy atom. The predicted octanol–water partition coefficient (Wildman–Crippen LogP) is 3.90. The van der Waals surface area contributed by atoms with Crippen molar-refractivity contribution in [2.24, 2.45) is 0 Å². The van der Waals surface area contributed by atoms with Crippen LogP contribution in [0.1, 0.15) is 11.1 Å². The van der Waals surface area contributed by atoms with E-state index in [-0.39, 0.29) is 0 Å². The third kappa shape index (κ3) is 3.88. The van der Waals surface area contributed by atoms with Gasteiger partial charge in [-0.15, -0.1) is 13.2 Å². The molecule has 1 aromatic rings. The van der Waals surface area contributed by atoms with Crippen molar-refractivity contribution in [3.63, 3.8) is 0 Å². The number of ether oxygens (including phenoxy) is 2. The molecule has 1 heterocycles. The van der Waals surface area contributed by atoms with Crippen LogP contribution >= 0.6 is 15.9 Å². The highest BCUT2D eigenvalue weighted by Gasteiger charge is 2.41. The molecule has 0 aliphatic carbocycles. The zero-order valence-electron chi connectivity index (χ0n) is 9.19. The Morgan fingerprint density at radius 3 is 2.16 bits per heavy atom. The van der Waals surface area contributed by atoms with E-state index >= 15 is 0 Å². The fourth-order valence-corrected chi connectivity index (χ4v) is 1.86. The van der Waals surface area contributed by atoms with Crippen molar-refractivity contribution in [3.8, 4) is 11.6 Å². The summed E-state index contributed by atoms with van der Waals surface area (Å²) < 4.78 is 82.6. The minimum absolute atomic E-state index is 0.508. The van der Waals surface area contributed by atoms with E-state index in [0.29, 0.717) is 6.20 Å². The van der Waals surface area contributed by atoms with E-state index in [1.807, 2.05) is 0 Å². The molecule has 0 spiro atoms. The zero-order chi connectivity index (χ0) is 14.8. The number of halogens is 7. The number of methoxy groups -OCH3 is 1. The van der Waals surface area contributed by atoms with Crippen LogP contribution in [0.15, 0.2) is 6.20 Å². The van der Waals surface area contributed by atoms with Gasteiger partial charge in [0, 0.05) is 10.9 Å². The second-order valence-electron chi connectivity index (χ2n) is 3.16. The first-order valence-corrected chi connectivity index (χ1v) is 5.67. The molecule has 0 aliphatic rings. The number of hydrogen-bond acceptors (Lipinski definition) is 3. The Kier molecular flexibility index (Phi) is 4.54. The van der Waals surface area contributed by atoms with Crippen LogP contribution < -0.4 is 9.47 Å². The van der Waals surface area contributed by atoms with Crippen LogP contribution in [0.3, 0.4) is 0 Å². The van der Waals surface area contributed by atoms with Crippen molar-refractivity contribution < 1.29 is 35.8 Å². The molecule has 0 saturated carbocycles. The molecule has 0 amide bonds. The van der Waals surface area contributed by atoms with E-state index in [0.717, 1.165) is 7.11 Å². The lowest BCUT2D eigenvalue weighted by Crippen LogP contribution is -2.20. The van der Waals surface area contributed by atoms with Crippen molar-refractivity contribution in [2.45, 2.75) is 17.9 Å². The first-order valence-electron chi connectivity index (χ1n) is 4.55. The lowest BCUT2D eigenvalue weighted by atomic mass is 10.1. The average molecular weight is 354 g/mol. The Morgan fingerprint density at radius 2 is 1.79 bits per heavy atom. The lowest BCUT2D eigenvalue weighted by Gasteiger charge is -2.18. The van der Waals surface area contributed by atoms with Crippen LogP contribution in [0.2, 0.25) is 0 Å². The standard InChI is InChI=1S/C9H6BrF6NO2/c1-18-7-6(8(11,12)13)4(2-10)5(3-17-7)19-9(14,15)16/h3H,2H2,1H3. The number of hydrogen-bond donors (Lipinski definition) is 0. The van der Waals surface area contributed by atoms with Gasteiger partial charge in [-0.05, 0) is 0 Å². The van der Waals surface area contributed by atoms with Crippen molar-refractivity contribution in [3.05, 3.63) is 17.3 Å². The SMILES string of the molecule is COc1ncc(OC(F)(F)F)c(CBr)c1C(F)(F)F. The summed E-state index contributed by atoms with van der Waals surface area (Å²) in [6.45, 7) is 0. The Labute approximate surface area is 111 Å². The molecule has 1 aromatic heterocycles. The monoisotopic (exact) mass is 353 g/mol. The largest absolute Gasteiger partial charge is 0.573 e. The van der Waals surface area contributed by atoms with Crippen LogP contribution in [0, 0.1) is 0 Å². The normalized spacial score (nSPS) is 12.4. The summed E-state index contributed by atoms with van der Waals surface area (Å²) in [6, 6.07) is 0. The molecule has 0 fully saturated rings. The molecule has 0 saturated heterocycles. The predicted molar refractivity (Wildman–Crippen MR) is 55.1 cm³/mol. The maximum atomic E-state index is 12.8. The molecule has 0 atom stereocenters. The van der Waals surface area contributed by atoms with Gasteiger partial charge in [0.25, 0.3) is 0 Å². The molecule has 0 unspecified atom stereocenters. The first-order chi connectivity index (χ1) is 8.60. The van der Waals surface area contributed by atoms with Gasteiger partial charge in [-0.2, -0.15) is 13.2 Å². The summed E-state index contributed by atoms with van der Waals surface area (Å²) in [7, 11) is 0.930. The van der Waals surface area contributed by atoms with E-state index < -0.39 is 40.6 Å².